The number of nitrogens with one attached hydrogen (secondary N) is 1. The number of benzene rings is 1. The molecule has 3 aromatic rings. The van der Waals surface area contributed by atoms with E-state index in [2.05, 4.69) is 50.0 Å². The predicted molar refractivity (Wildman–Crippen MR) is 108 cm³/mol. The number of hydrogen-bond acceptors (Lipinski definition) is 4. The first kappa shape index (κ1) is 17.7. The lowest BCUT2D eigenvalue weighted by atomic mass is 9.96. The molecule has 1 saturated heterocycles. The average molecular weight is 363 g/mol. The summed E-state index contributed by atoms with van der Waals surface area (Å²) in [6.45, 7) is 3.93. The second-order valence-corrected chi connectivity index (χ2v) is 7.45. The fraction of sp³-hybridized carbons (Fsp3) is 0.381. The van der Waals surface area contributed by atoms with E-state index in [0.29, 0.717) is 5.82 Å². The Labute approximate surface area is 159 Å². The first-order valence-electron chi connectivity index (χ1n) is 9.39. The standard InChI is InChI=1S/C21H25N5O/c1-14-22-13-19(26(14)3)16-4-5-17-12-23-20(11-18(17)10-16)24-21(27)15-6-8-25(2)9-7-15/h4-5,10-13,15H,6-9H2,1-3H3,(H,23,24,27). The molecule has 6 nitrogen and oxygen atoms in total. The van der Waals surface area contributed by atoms with Crippen LogP contribution < -0.4 is 5.32 Å². The topological polar surface area (TPSA) is 63.1 Å². The number of aryl methyl sites for hydroxylation is 1. The molecule has 0 aliphatic carbocycles. The lowest BCUT2D eigenvalue weighted by Gasteiger charge is -2.27. The average Bonchev–Trinajstić information content (AvgIpc) is 3.00. The molecular formula is C21H25N5O. The largest absolute Gasteiger partial charge is 0.331 e. The van der Waals surface area contributed by atoms with Crippen molar-refractivity contribution in [3.8, 4) is 11.3 Å². The van der Waals surface area contributed by atoms with E-state index < -0.39 is 0 Å². The van der Waals surface area contributed by atoms with Crippen LogP contribution in [0.15, 0.2) is 36.7 Å². The summed E-state index contributed by atoms with van der Waals surface area (Å²) in [7, 11) is 4.11. The van der Waals surface area contributed by atoms with Crippen LogP contribution in [-0.2, 0) is 11.8 Å². The van der Waals surface area contributed by atoms with Gasteiger partial charge in [-0.1, -0.05) is 12.1 Å². The van der Waals surface area contributed by atoms with Crippen molar-refractivity contribution in [1.82, 2.24) is 19.4 Å². The van der Waals surface area contributed by atoms with Gasteiger partial charge in [-0.15, -0.1) is 0 Å². The highest BCUT2D eigenvalue weighted by molar-refractivity contribution is 5.95. The summed E-state index contributed by atoms with van der Waals surface area (Å²) in [5.41, 5.74) is 2.17. The first-order valence-corrected chi connectivity index (χ1v) is 9.39. The van der Waals surface area contributed by atoms with Crippen molar-refractivity contribution in [2.75, 3.05) is 25.5 Å². The van der Waals surface area contributed by atoms with Crippen LogP contribution in [0.5, 0.6) is 0 Å². The monoisotopic (exact) mass is 363 g/mol. The molecule has 1 aliphatic rings. The summed E-state index contributed by atoms with van der Waals surface area (Å²) in [5, 5.41) is 5.11. The predicted octanol–water partition coefficient (Wildman–Crippen LogP) is 3.22. The maximum absolute atomic E-state index is 12.6. The van der Waals surface area contributed by atoms with E-state index in [1.165, 1.54) is 0 Å². The highest BCUT2D eigenvalue weighted by Crippen LogP contribution is 2.26. The fourth-order valence-corrected chi connectivity index (χ4v) is 3.64. The fourth-order valence-electron chi connectivity index (χ4n) is 3.64. The molecule has 27 heavy (non-hydrogen) atoms. The number of hydrogen-bond donors (Lipinski definition) is 1. The maximum Gasteiger partial charge on any atom is 0.228 e. The first-order chi connectivity index (χ1) is 13.0. The molecule has 4 rings (SSSR count). The molecule has 6 heteroatoms. The number of nitrogens with zero attached hydrogens (tertiary/aromatic N) is 4. The number of fused-ring (bicyclic) bond motifs is 1. The molecule has 1 amide bonds. The minimum atomic E-state index is 0.0717. The normalized spacial score (nSPS) is 16.0. The quantitative estimate of drug-likeness (QED) is 0.776. The Morgan fingerprint density at radius 2 is 1.85 bits per heavy atom. The highest BCUT2D eigenvalue weighted by Gasteiger charge is 2.23. The number of carbonyl (C=O) groups is 1. The van der Waals surface area contributed by atoms with E-state index in [0.717, 1.165) is 53.8 Å². The summed E-state index contributed by atoms with van der Waals surface area (Å²) in [6, 6.07) is 8.22. The van der Waals surface area contributed by atoms with Gasteiger partial charge in [-0.3, -0.25) is 4.79 Å². The number of amides is 1. The van der Waals surface area contributed by atoms with Gasteiger partial charge in [0.15, 0.2) is 0 Å². The number of imidazole rings is 1. The zero-order chi connectivity index (χ0) is 19.0. The molecule has 1 aliphatic heterocycles. The van der Waals surface area contributed by atoms with E-state index in [4.69, 9.17) is 0 Å². The van der Waals surface area contributed by atoms with Gasteiger partial charge in [-0.2, -0.15) is 0 Å². The zero-order valence-corrected chi connectivity index (χ0v) is 16.1. The number of likely N-dealkylation sites (tertiary alicyclic amines) is 1. The summed E-state index contributed by atoms with van der Waals surface area (Å²) in [5.74, 6) is 1.74. The van der Waals surface area contributed by atoms with E-state index >= 15 is 0 Å². The summed E-state index contributed by atoms with van der Waals surface area (Å²) >= 11 is 0. The number of rotatable bonds is 3. The molecule has 0 bridgehead atoms. The van der Waals surface area contributed by atoms with E-state index in [1.54, 1.807) is 0 Å². The third kappa shape index (κ3) is 3.57. The van der Waals surface area contributed by atoms with Crippen molar-refractivity contribution < 1.29 is 4.79 Å². The van der Waals surface area contributed by atoms with Crippen LogP contribution in [0.3, 0.4) is 0 Å². The molecule has 1 fully saturated rings. The molecule has 0 spiro atoms. The zero-order valence-electron chi connectivity index (χ0n) is 16.1. The van der Waals surface area contributed by atoms with Crippen LogP contribution in [0.25, 0.3) is 22.0 Å². The summed E-state index contributed by atoms with van der Waals surface area (Å²) < 4.78 is 2.07. The third-order valence-corrected chi connectivity index (χ3v) is 5.58. The molecule has 2 aromatic heterocycles. The number of piperidine rings is 1. The summed E-state index contributed by atoms with van der Waals surface area (Å²) in [6.07, 6.45) is 5.51. The molecule has 0 radical (unpaired) electrons. The van der Waals surface area contributed by atoms with Gasteiger partial charge in [0.1, 0.15) is 11.6 Å². The van der Waals surface area contributed by atoms with Crippen molar-refractivity contribution in [3.63, 3.8) is 0 Å². The number of pyridine rings is 1. The van der Waals surface area contributed by atoms with Crippen molar-refractivity contribution in [3.05, 3.63) is 42.5 Å². The molecule has 0 saturated carbocycles. The molecule has 1 aromatic carbocycles. The lowest BCUT2D eigenvalue weighted by Crippen LogP contribution is -2.36. The number of carbonyl (C=O) groups excluding carboxylic acids is 1. The third-order valence-electron chi connectivity index (χ3n) is 5.58. The Bertz CT molecular complexity index is 985. The molecule has 0 unspecified atom stereocenters. The lowest BCUT2D eigenvalue weighted by molar-refractivity contribution is -0.121. The molecule has 1 N–H and O–H groups in total. The highest BCUT2D eigenvalue weighted by atomic mass is 16.1. The van der Waals surface area contributed by atoms with Crippen LogP contribution in [0.4, 0.5) is 5.82 Å². The summed E-state index contributed by atoms with van der Waals surface area (Å²) in [4.78, 5) is 23.6. The molecule has 3 heterocycles. The maximum atomic E-state index is 12.6. The van der Waals surface area contributed by atoms with Gasteiger partial charge >= 0.3 is 0 Å². The van der Waals surface area contributed by atoms with Crippen LogP contribution in [-0.4, -0.2) is 45.5 Å². The second-order valence-electron chi connectivity index (χ2n) is 7.45. The number of aromatic nitrogens is 3. The van der Waals surface area contributed by atoms with Crippen LogP contribution >= 0.6 is 0 Å². The minimum absolute atomic E-state index is 0.0717. The SMILES string of the molecule is Cc1ncc(-c2ccc3cnc(NC(=O)C4CCN(C)CC4)cc3c2)n1C. The van der Waals surface area contributed by atoms with Crippen molar-refractivity contribution in [1.29, 1.82) is 0 Å². The van der Waals surface area contributed by atoms with Gasteiger partial charge in [0, 0.05) is 30.1 Å². The van der Waals surface area contributed by atoms with E-state index in [-0.39, 0.29) is 11.8 Å². The van der Waals surface area contributed by atoms with Gasteiger partial charge in [0.25, 0.3) is 0 Å². The van der Waals surface area contributed by atoms with Gasteiger partial charge < -0.3 is 14.8 Å². The van der Waals surface area contributed by atoms with E-state index in [9.17, 15) is 4.79 Å². The van der Waals surface area contributed by atoms with Crippen LogP contribution in [0.1, 0.15) is 18.7 Å². The molecule has 0 atom stereocenters. The van der Waals surface area contributed by atoms with Gasteiger partial charge in [0.2, 0.25) is 5.91 Å². The van der Waals surface area contributed by atoms with Crippen molar-refractivity contribution >= 4 is 22.5 Å². The van der Waals surface area contributed by atoms with Gasteiger partial charge in [-0.25, -0.2) is 9.97 Å². The van der Waals surface area contributed by atoms with Crippen molar-refractivity contribution in [2.24, 2.45) is 13.0 Å². The van der Waals surface area contributed by atoms with E-state index in [1.807, 2.05) is 32.4 Å². The van der Waals surface area contributed by atoms with Crippen molar-refractivity contribution in [2.45, 2.75) is 19.8 Å². The van der Waals surface area contributed by atoms with Gasteiger partial charge in [-0.05, 0) is 57.4 Å². The Hall–Kier alpha value is -2.73. The Balaban J connectivity index is 1.57. The van der Waals surface area contributed by atoms with Crippen LogP contribution in [0.2, 0.25) is 0 Å². The second kappa shape index (κ2) is 7.12. The van der Waals surface area contributed by atoms with Gasteiger partial charge in [0.05, 0.1) is 11.9 Å². The molecule has 140 valence electrons. The smallest absolute Gasteiger partial charge is 0.228 e. The Morgan fingerprint density at radius 3 is 2.56 bits per heavy atom. The Kier molecular flexibility index (Phi) is 4.66. The van der Waals surface area contributed by atoms with Crippen LogP contribution in [0, 0.1) is 12.8 Å². The molecular weight excluding hydrogens is 338 g/mol. The Morgan fingerprint density at radius 1 is 1.07 bits per heavy atom. The number of anilines is 1. The minimum Gasteiger partial charge on any atom is -0.331 e.